The second-order valence-corrected chi connectivity index (χ2v) is 7.67. The van der Waals surface area contributed by atoms with Gasteiger partial charge >= 0.3 is 0 Å². The molecule has 0 spiro atoms. The fourth-order valence-electron chi connectivity index (χ4n) is 3.78. The summed E-state index contributed by atoms with van der Waals surface area (Å²) in [4.78, 5) is 41.2. The van der Waals surface area contributed by atoms with E-state index in [0.717, 1.165) is 12.0 Å². The van der Waals surface area contributed by atoms with Crippen molar-refractivity contribution in [2.75, 3.05) is 32.7 Å². The molecule has 3 aromatic rings. The molecule has 3 heterocycles. The lowest BCUT2D eigenvalue weighted by atomic mass is 10.1. The van der Waals surface area contributed by atoms with Gasteiger partial charge in [0.25, 0.3) is 11.8 Å². The number of amides is 3. The largest absolute Gasteiger partial charge is 0.459 e. The van der Waals surface area contributed by atoms with E-state index in [1.807, 2.05) is 30.3 Å². The van der Waals surface area contributed by atoms with Crippen molar-refractivity contribution in [3.8, 4) is 0 Å². The molecular weight excluding hydrogens is 408 g/mol. The van der Waals surface area contributed by atoms with Gasteiger partial charge in [-0.2, -0.15) is 0 Å². The van der Waals surface area contributed by atoms with E-state index in [-0.39, 0.29) is 24.3 Å². The van der Waals surface area contributed by atoms with Crippen molar-refractivity contribution in [1.29, 1.82) is 0 Å². The molecule has 1 N–H and O–H groups in total. The van der Waals surface area contributed by atoms with Gasteiger partial charge in [-0.3, -0.25) is 14.4 Å². The van der Waals surface area contributed by atoms with E-state index >= 15 is 0 Å². The molecule has 8 heteroatoms. The van der Waals surface area contributed by atoms with E-state index in [0.29, 0.717) is 44.2 Å². The first-order chi connectivity index (χ1) is 15.6. The van der Waals surface area contributed by atoms with Crippen LogP contribution >= 0.6 is 0 Å². The maximum Gasteiger partial charge on any atom is 0.289 e. The van der Waals surface area contributed by atoms with Gasteiger partial charge in [-0.15, -0.1) is 0 Å². The van der Waals surface area contributed by atoms with Crippen LogP contribution in [0.3, 0.4) is 0 Å². The molecule has 1 fully saturated rings. The molecule has 0 radical (unpaired) electrons. The Balaban J connectivity index is 1.28. The molecule has 0 bridgehead atoms. The fraction of sp³-hybridized carbons (Fsp3) is 0.292. The van der Waals surface area contributed by atoms with Crippen LogP contribution in [0, 0.1) is 0 Å². The Bertz CT molecular complexity index is 1050. The van der Waals surface area contributed by atoms with Gasteiger partial charge in [-0.25, -0.2) is 0 Å². The first-order valence-corrected chi connectivity index (χ1v) is 10.7. The van der Waals surface area contributed by atoms with E-state index in [1.165, 1.54) is 6.26 Å². The second kappa shape index (κ2) is 10.00. The number of piperazine rings is 1. The number of benzene rings is 1. The summed E-state index contributed by atoms with van der Waals surface area (Å²) in [7, 11) is 0. The minimum Gasteiger partial charge on any atom is -0.459 e. The van der Waals surface area contributed by atoms with E-state index in [4.69, 9.17) is 4.42 Å². The minimum absolute atomic E-state index is 0.0831. The number of furan rings is 1. The maximum atomic E-state index is 13.0. The molecule has 166 valence electrons. The van der Waals surface area contributed by atoms with Crippen LogP contribution in [0.15, 0.2) is 71.5 Å². The van der Waals surface area contributed by atoms with Crippen LogP contribution in [-0.4, -0.2) is 64.8 Å². The van der Waals surface area contributed by atoms with Gasteiger partial charge in [-0.1, -0.05) is 30.3 Å². The zero-order chi connectivity index (χ0) is 22.3. The van der Waals surface area contributed by atoms with Crippen LogP contribution < -0.4 is 5.32 Å². The normalized spacial score (nSPS) is 13.8. The number of nitrogens with zero attached hydrogens (tertiary/aromatic N) is 3. The minimum atomic E-state index is -0.169. The summed E-state index contributed by atoms with van der Waals surface area (Å²) in [5.74, 6) is -0.146. The first kappa shape index (κ1) is 21.4. The fourth-order valence-corrected chi connectivity index (χ4v) is 3.78. The second-order valence-electron chi connectivity index (χ2n) is 7.67. The number of aromatic nitrogens is 1. The molecule has 1 saturated heterocycles. The molecule has 0 aliphatic carbocycles. The van der Waals surface area contributed by atoms with Crippen LogP contribution in [0.1, 0.15) is 26.6 Å². The van der Waals surface area contributed by atoms with Crippen molar-refractivity contribution in [2.45, 2.75) is 13.0 Å². The summed E-state index contributed by atoms with van der Waals surface area (Å²) in [6.45, 7) is 2.36. The summed E-state index contributed by atoms with van der Waals surface area (Å²) >= 11 is 0. The zero-order valence-electron chi connectivity index (χ0n) is 17.8. The first-order valence-electron chi connectivity index (χ1n) is 10.7. The zero-order valence-corrected chi connectivity index (χ0v) is 17.8. The highest BCUT2D eigenvalue weighted by molar-refractivity contribution is 5.94. The van der Waals surface area contributed by atoms with E-state index in [1.54, 1.807) is 44.8 Å². The third kappa shape index (κ3) is 5.08. The smallest absolute Gasteiger partial charge is 0.289 e. The number of carbonyl (C=O) groups excluding carboxylic acids is 3. The molecule has 32 heavy (non-hydrogen) atoms. The summed E-state index contributed by atoms with van der Waals surface area (Å²) in [5.41, 5.74) is 1.63. The Morgan fingerprint density at radius 1 is 0.844 bits per heavy atom. The molecule has 8 nitrogen and oxygen atoms in total. The Morgan fingerprint density at radius 3 is 2.25 bits per heavy atom. The molecule has 3 amide bonds. The maximum absolute atomic E-state index is 13.0. The number of rotatable bonds is 7. The van der Waals surface area contributed by atoms with Crippen molar-refractivity contribution in [1.82, 2.24) is 19.7 Å². The quantitative estimate of drug-likeness (QED) is 0.617. The lowest BCUT2D eigenvalue weighted by Gasteiger charge is -2.34. The Labute approximate surface area is 186 Å². The van der Waals surface area contributed by atoms with Crippen molar-refractivity contribution in [2.24, 2.45) is 0 Å². The molecule has 1 aromatic carbocycles. The third-order valence-corrected chi connectivity index (χ3v) is 5.53. The SMILES string of the molecule is O=C(Cn1cccc1C(=O)N1CCN(C(=O)c2ccco2)CC1)NCCc1ccccc1. The van der Waals surface area contributed by atoms with Crippen LogP contribution in [0.5, 0.6) is 0 Å². The monoisotopic (exact) mass is 434 g/mol. The van der Waals surface area contributed by atoms with Crippen molar-refractivity contribution < 1.29 is 18.8 Å². The molecular formula is C24H26N4O4. The summed E-state index contributed by atoms with van der Waals surface area (Å²) in [6, 6.07) is 16.8. The van der Waals surface area contributed by atoms with Crippen molar-refractivity contribution in [3.63, 3.8) is 0 Å². The van der Waals surface area contributed by atoms with Gasteiger partial charge in [0.05, 0.1) is 6.26 Å². The standard InChI is InChI=1S/C24H26N4O4/c29-22(25-11-10-19-6-2-1-3-7-19)18-28-12-4-8-20(28)23(30)26-13-15-27(16-14-26)24(31)21-9-5-17-32-21/h1-9,12,17H,10-11,13-16,18H2,(H,25,29). The van der Waals surface area contributed by atoms with Crippen LogP contribution in [0.25, 0.3) is 0 Å². The Morgan fingerprint density at radius 2 is 1.56 bits per heavy atom. The molecule has 2 aromatic heterocycles. The number of carbonyl (C=O) groups is 3. The molecule has 0 atom stereocenters. The molecule has 0 unspecified atom stereocenters. The molecule has 1 aliphatic heterocycles. The molecule has 1 aliphatic rings. The van der Waals surface area contributed by atoms with Crippen molar-refractivity contribution in [3.05, 3.63) is 84.1 Å². The van der Waals surface area contributed by atoms with Gasteiger partial charge in [0, 0.05) is 38.9 Å². The van der Waals surface area contributed by atoms with E-state index < -0.39 is 0 Å². The van der Waals surface area contributed by atoms with Crippen LogP contribution in [-0.2, 0) is 17.8 Å². The van der Waals surface area contributed by atoms with Gasteiger partial charge in [0.15, 0.2) is 5.76 Å². The topological polar surface area (TPSA) is 87.8 Å². The molecule has 4 rings (SSSR count). The van der Waals surface area contributed by atoms with Gasteiger partial charge in [-0.05, 0) is 36.2 Å². The van der Waals surface area contributed by atoms with Gasteiger partial charge in [0.1, 0.15) is 12.2 Å². The lowest BCUT2D eigenvalue weighted by molar-refractivity contribution is -0.121. The average molecular weight is 434 g/mol. The summed E-state index contributed by atoms with van der Waals surface area (Å²) in [5, 5.41) is 2.91. The number of nitrogens with one attached hydrogen (secondary N) is 1. The van der Waals surface area contributed by atoms with E-state index in [2.05, 4.69) is 5.32 Å². The lowest BCUT2D eigenvalue weighted by Crippen LogP contribution is -2.50. The molecule has 0 saturated carbocycles. The predicted octanol–water partition coefficient (Wildman–Crippen LogP) is 2.04. The number of hydrogen-bond acceptors (Lipinski definition) is 4. The van der Waals surface area contributed by atoms with E-state index in [9.17, 15) is 14.4 Å². The Hall–Kier alpha value is -3.81. The predicted molar refractivity (Wildman–Crippen MR) is 118 cm³/mol. The highest BCUT2D eigenvalue weighted by Gasteiger charge is 2.27. The Kier molecular flexibility index (Phi) is 6.69. The van der Waals surface area contributed by atoms with Gasteiger partial charge < -0.3 is 24.1 Å². The van der Waals surface area contributed by atoms with Crippen LogP contribution in [0.4, 0.5) is 0 Å². The average Bonchev–Trinajstić information content (AvgIpc) is 3.51. The van der Waals surface area contributed by atoms with Crippen LogP contribution in [0.2, 0.25) is 0 Å². The van der Waals surface area contributed by atoms with Crippen molar-refractivity contribution >= 4 is 17.7 Å². The number of hydrogen-bond donors (Lipinski definition) is 1. The summed E-state index contributed by atoms with van der Waals surface area (Å²) in [6.07, 6.45) is 3.96. The third-order valence-electron chi connectivity index (χ3n) is 5.53. The van der Waals surface area contributed by atoms with Gasteiger partial charge in [0.2, 0.25) is 5.91 Å². The highest BCUT2D eigenvalue weighted by atomic mass is 16.3. The highest BCUT2D eigenvalue weighted by Crippen LogP contribution is 2.13. The summed E-state index contributed by atoms with van der Waals surface area (Å²) < 4.78 is 6.84.